The molecule has 3 heterocycles. The fourth-order valence-corrected chi connectivity index (χ4v) is 4.00. The van der Waals surface area contributed by atoms with Crippen molar-refractivity contribution in [2.75, 3.05) is 13.2 Å². The van der Waals surface area contributed by atoms with Crippen LogP contribution in [0.15, 0.2) is 33.7 Å². The van der Waals surface area contributed by atoms with Gasteiger partial charge in [-0.05, 0) is 67.6 Å². The Morgan fingerprint density at radius 1 is 1.31 bits per heavy atom. The van der Waals surface area contributed by atoms with Gasteiger partial charge in [-0.1, -0.05) is 0 Å². The number of aryl methyl sites for hydroxylation is 1. The van der Waals surface area contributed by atoms with Crippen molar-refractivity contribution in [3.05, 3.63) is 56.2 Å². The summed E-state index contributed by atoms with van der Waals surface area (Å²) in [5.41, 5.74) is 2.60. The van der Waals surface area contributed by atoms with Crippen molar-refractivity contribution >= 4 is 21.7 Å². The van der Waals surface area contributed by atoms with Gasteiger partial charge in [0, 0.05) is 53.4 Å². The lowest BCUT2D eigenvalue weighted by atomic mass is 10.00. The van der Waals surface area contributed by atoms with E-state index in [1.54, 1.807) is 19.2 Å². The van der Waals surface area contributed by atoms with Gasteiger partial charge in [-0.2, -0.15) is 0 Å². The number of carbonyl (C=O) groups is 1. The van der Waals surface area contributed by atoms with Crippen LogP contribution < -0.4 is 5.56 Å². The van der Waals surface area contributed by atoms with Gasteiger partial charge in [0.05, 0.1) is 6.04 Å². The van der Waals surface area contributed by atoms with Crippen LogP contribution in [0.4, 0.5) is 0 Å². The largest absolute Gasteiger partial charge is 0.381 e. The van der Waals surface area contributed by atoms with Crippen LogP contribution in [0.5, 0.6) is 0 Å². The lowest BCUT2D eigenvalue weighted by Crippen LogP contribution is -2.27. The molecule has 0 aromatic carbocycles. The first kappa shape index (κ1) is 19.1. The van der Waals surface area contributed by atoms with Crippen molar-refractivity contribution in [3.63, 3.8) is 0 Å². The zero-order valence-electron chi connectivity index (χ0n) is 15.5. The Labute approximate surface area is 162 Å². The Morgan fingerprint density at radius 3 is 2.69 bits per heavy atom. The first-order chi connectivity index (χ1) is 12.4. The predicted molar refractivity (Wildman–Crippen MR) is 105 cm³/mol. The number of aromatic nitrogens is 2. The Balaban J connectivity index is 1.86. The quantitative estimate of drug-likeness (QED) is 0.689. The zero-order valence-corrected chi connectivity index (χ0v) is 17.1. The molecular formula is C20H25BrN2O3. The molecule has 6 heteroatoms. The minimum absolute atomic E-state index is 0.0310. The summed E-state index contributed by atoms with van der Waals surface area (Å²) in [4.78, 5) is 25.2. The molecule has 2 aromatic heterocycles. The number of ether oxygens (including phenoxy) is 1. The van der Waals surface area contributed by atoms with Crippen LogP contribution in [0.2, 0.25) is 0 Å². The van der Waals surface area contributed by atoms with Crippen molar-refractivity contribution in [2.24, 2.45) is 5.92 Å². The Hall–Kier alpha value is -1.66. The number of halogens is 1. The molecule has 0 bridgehead atoms. The molecule has 0 N–H and O–H groups in total. The molecule has 26 heavy (non-hydrogen) atoms. The summed E-state index contributed by atoms with van der Waals surface area (Å²) in [7, 11) is 0. The average molecular weight is 421 g/mol. The molecule has 0 aliphatic carbocycles. The number of ketones is 1. The molecule has 0 amide bonds. The third kappa shape index (κ3) is 3.86. The van der Waals surface area contributed by atoms with Crippen molar-refractivity contribution in [3.8, 4) is 0 Å². The van der Waals surface area contributed by atoms with E-state index < -0.39 is 6.04 Å². The van der Waals surface area contributed by atoms with Crippen LogP contribution >= 0.6 is 15.9 Å². The monoisotopic (exact) mass is 420 g/mol. The minimum Gasteiger partial charge on any atom is -0.381 e. The number of hydrogen-bond donors (Lipinski definition) is 0. The Morgan fingerprint density at radius 2 is 2.00 bits per heavy atom. The Bertz CT molecular complexity index is 862. The van der Waals surface area contributed by atoms with E-state index >= 15 is 0 Å². The first-order valence-electron chi connectivity index (χ1n) is 9.05. The lowest BCUT2D eigenvalue weighted by molar-refractivity contribution is 0.0609. The van der Waals surface area contributed by atoms with Crippen LogP contribution in [0.3, 0.4) is 0 Å². The highest BCUT2D eigenvalue weighted by atomic mass is 79.9. The van der Waals surface area contributed by atoms with Gasteiger partial charge in [-0.15, -0.1) is 0 Å². The van der Waals surface area contributed by atoms with E-state index in [-0.39, 0.29) is 11.3 Å². The van der Waals surface area contributed by atoms with E-state index in [0.29, 0.717) is 11.5 Å². The summed E-state index contributed by atoms with van der Waals surface area (Å²) in [5.74, 6) is 0.554. The van der Waals surface area contributed by atoms with E-state index in [2.05, 4.69) is 20.5 Å². The fraction of sp³-hybridized carbons (Fsp3) is 0.500. The molecular weight excluding hydrogens is 396 g/mol. The maximum absolute atomic E-state index is 13.1. The second-order valence-corrected chi connectivity index (χ2v) is 8.00. The molecule has 0 saturated carbocycles. The summed E-state index contributed by atoms with van der Waals surface area (Å²) in [6, 6.07) is 4.58. The molecule has 1 atom stereocenters. The van der Waals surface area contributed by atoms with E-state index in [0.717, 1.165) is 48.5 Å². The standard InChI is InChI=1S/C20H25BrN2O3/c1-13-10-18(14(2)22(13)11-16-6-8-26-9-7-16)20(25)15(3)23-12-17(21)4-5-19(23)24/h4-5,10,12,15-16H,6-9,11H2,1-3H3. The van der Waals surface area contributed by atoms with Gasteiger partial charge in [0.1, 0.15) is 0 Å². The van der Waals surface area contributed by atoms with Crippen LogP contribution in [0, 0.1) is 19.8 Å². The van der Waals surface area contributed by atoms with Gasteiger partial charge in [-0.3, -0.25) is 9.59 Å². The number of carbonyl (C=O) groups excluding carboxylic acids is 1. The molecule has 140 valence electrons. The molecule has 1 unspecified atom stereocenters. The molecule has 2 aromatic rings. The van der Waals surface area contributed by atoms with Gasteiger partial charge < -0.3 is 13.9 Å². The first-order valence-corrected chi connectivity index (χ1v) is 9.84. The van der Waals surface area contributed by atoms with Gasteiger partial charge >= 0.3 is 0 Å². The summed E-state index contributed by atoms with van der Waals surface area (Å²) in [6.45, 7) is 8.37. The number of Topliss-reactive ketones (excluding diaryl/α,β-unsaturated/α-hetero) is 1. The Kier molecular flexibility index (Phi) is 5.82. The molecule has 0 radical (unpaired) electrons. The van der Waals surface area contributed by atoms with Crippen LogP contribution in [-0.2, 0) is 11.3 Å². The predicted octanol–water partition coefficient (Wildman–Crippen LogP) is 3.90. The van der Waals surface area contributed by atoms with E-state index in [1.165, 1.54) is 10.6 Å². The smallest absolute Gasteiger partial charge is 0.251 e. The number of pyridine rings is 1. The summed E-state index contributed by atoms with van der Waals surface area (Å²) < 4.78 is 9.94. The van der Waals surface area contributed by atoms with Gasteiger partial charge in [0.15, 0.2) is 5.78 Å². The number of hydrogen-bond acceptors (Lipinski definition) is 3. The number of nitrogens with zero attached hydrogens (tertiary/aromatic N) is 2. The molecule has 3 rings (SSSR count). The minimum atomic E-state index is -0.544. The van der Waals surface area contributed by atoms with E-state index in [4.69, 9.17) is 4.74 Å². The van der Waals surface area contributed by atoms with Gasteiger partial charge in [-0.25, -0.2) is 0 Å². The molecule has 0 spiro atoms. The number of rotatable bonds is 5. The third-order valence-electron chi connectivity index (χ3n) is 5.32. The maximum atomic E-state index is 13.1. The van der Waals surface area contributed by atoms with Crippen molar-refractivity contribution in [1.82, 2.24) is 9.13 Å². The highest BCUT2D eigenvalue weighted by molar-refractivity contribution is 9.10. The fourth-order valence-electron chi connectivity index (χ4n) is 3.65. The molecule has 1 fully saturated rings. The van der Waals surface area contributed by atoms with Gasteiger partial charge in [0.25, 0.3) is 5.56 Å². The SMILES string of the molecule is Cc1cc(C(=O)C(C)n2cc(Br)ccc2=O)c(C)n1CC1CCOCC1. The molecule has 5 nitrogen and oxygen atoms in total. The van der Waals surface area contributed by atoms with E-state index in [1.807, 2.05) is 19.9 Å². The molecule has 1 saturated heterocycles. The third-order valence-corrected chi connectivity index (χ3v) is 5.79. The van der Waals surface area contributed by atoms with Crippen molar-refractivity contribution < 1.29 is 9.53 Å². The van der Waals surface area contributed by atoms with Crippen LogP contribution in [-0.4, -0.2) is 28.1 Å². The van der Waals surface area contributed by atoms with Crippen molar-refractivity contribution in [1.29, 1.82) is 0 Å². The summed E-state index contributed by atoms with van der Waals surface area (Å²) in [6.07, 6.45) is 3.79. The van der Waals surface area contributed by atoms with Crippen molar-refractivity contribution in [2.45, 2.75) is 46.2 Å². The maximum Gasteiger partial charge on any atom is 0.251 e. The second kappa shape index (κ2) is 7.92. The lowest BCUT2D eigenvalue weighted by Gasteiger charge is -2.24. The highest BCUT2D eigenvalue weighted by Gasteiger charge is 2.24. The summed E-state index contributed by atoms with van der Waals surface area (Å²) >= 11 is 3.37. The van der Waals surface area contributed by atoms with Gasteiger partial charge in [0.2, 0.25) is 0 Å². The molecule has 1 aliphatic heterocycles. The van der Waals surface area contributed by atoms with Crippen LogP contribution in [0.1, 0.15) is 47.6 Å². The van der Waals surface area contributed by atoms with Crippen LogP contribution in [0.25, 0.3) is 0 Å². The molecule has 1 aliphatic rings. The normalized spacial score (nSPS) is 16.6. The zero-order chi connectivity index (χ0) is 18.8. The highest BCUT2D eigenvalue weighted by Crippen LogP contribution is 2.25. The summed E-state index contributed by atoms with van der Waals surface area (Å²) in [5, 5.41) is 0. The van der Waals surface area contributed by atoms with E-state index in [9.17, 15) is 9.59 Å². The average Bonchev–Trinajstić information content (AvgIpc) is 2.91. The second-order valence-electron chi connectivity index (χ2n) is 7.08. The topological polar surface area (TPSA) is 53.2 Å².